The lowest BCUT2D eigenvalue weighted by Crippen LogP contribution is -2.18. The van der Waals surface area contributed by atoms with Crippen molar-refractivity contribution in [2.75, 3.05) is 20.6 Å². The second-order valence-electron chi connectivity index (χ2n) is 4.75. The molecule has 0 saturated heterocycles. The number of H-pyrrole nitrogens is 1. The third-order valence-electron chi connectivity index (χ3n) is 2.97. The SMILES string of the molecule is CN(C)CCCCn1c(=O)[nH]c2cc(F)ccc21. The molecule has 0 radical (unpaired) electrons. The molecule has 1 N–H and O–H groups in total. The summed E-state index contributed by atoms with van der Waals surface area (Å²) in [6, 6.07) is 4.38. The average Bonchev–Trinajstić information content (AvgIpc) is 2.59. The van der Waals surface area contributed by atoms with Crippen molar-refractivity contribution < 1.29 is 4.39 Å². The first kappa shape index (κ1) is 12.8. The van der Waals surface area contributed by atoms with Gasteiger partial charge in [0.2, 0.25) is 0 Å². The Balaban J connectivity index is 2.13. The van der Waals surface area contributed by atoms with Crippen molar-refractivity contribution in [2.45, 2.75) is 19.4 Å². The Kier molecular flexibility index (Phi) is 3.81. The van der Waals surface area contributed by atoms with Gasteiger partial charge >= 0.3 is 5.69 Å². The Morgan fingerprint density at radius 1 is 1.33 bits per heavy atom. The Morgan fingerprint density at radius 2 is 2.11 bits per heavy atom. The summed E-state index contributed by atoms with van der Waals surface area (Å²) in [5, 5.41) is 0. The van der Waals surface area contributed by atoms with Crippen LogP contribution in [0.3, 0.4) is 0 Å². The lowest BCUT2D eigenvalue weighted by atomic mass is 10.2. The van der Waals surface area contributed by atoms with E-state index in [4.69, 9.17) is 0 Å². The van der Waals surface area contributed by atoms with Crippen LogP contribution >= 0.6 is 0 Å². The topological polar surface area (TPSA) is 41.0 Å². The highest BCUT2D eigenvalue weighted by Gasteiger charge is 2.06. The zero-order valence-corrected chi connectivity index (χ0v) is 10.7. The number of nitrogens with one attached hydrogen (secondary N) is 1. The van der Waals surface area contributed by atoms with Crippen LogP contribution in [0.1, 0.15) is 12.8 Å². The zero-order valence-electron chi connectivity index (χ0n) is 10.7. The molecule has 0 aliphatic carbocycles. The van der Waals surface area contributed by atoms with Crippen molar-refractivity contribution in [1.29, 1.82) is 0 Å². The van der Waals surface area contributed by atoms with Crippen molar-refractivity contribution in [3.05, 3.63) is 34.5 Å². The van der Waals surface area contributed by atoms with Crippen molar-refractivity contribution in [1.82, 2.24) is 14.5 Å². The molecular formula is C13H18FN3O. The number of fused-ring (bicyclic) bond motifs is 1. The largest absolute Gasteiger partial charge is 0.326 e. The van der Waals surface area contributed by atoms with Crippen LogP contribution in [0, 0.1) is 5.82 Å². The number of benzene rings is 1. The maximum absolute atomic E-state index is 13.0. The first-order chi connectivity index (χ1) is 8.58. The molecule has 0 bridgehead atoms. The van der Waals surface area contributed by atoms with E-state index < -0.39 is 0 Å². The third-order valence-corrected chi connectivity index (χ3v) is 2.97. The van der Waals surface area contributed by atoms with Crippen LogP contribution in [0.5, 0.6) is 0 Å². The van der Waals surface area contributed by atoms with E-state index in [0.29, 0.717) is 12.1 Å². The van der Waals surface area contributed by atoms with Gasteiger partial charge in [0.25, 0.3) is 0 Å². The number of aryl methyl sites for hydroxylation is 1. The molecule has 0 aliphatic heterocycles. The Labute approximate surface area is 105 Å². The number of hydrogen-bond donors (Lipinski definition) is 1. The van der Waals surface area contributed by atoms with E-state index in [9.17, 15) is 9.18 Å². The first-order valence-corrected chi connectivity index (χ1v) is 6.11. The van der Waals surface area contributed by atoms with Gasteiger partial charge in [-0.1, -0.05) is 0 Å². The van der Waals surface area contributed by atoms with Crippen LogP contribution in [0.15, 0.2) is 23.0 Å². The molecule has 18 heavy (non-hydrogen) atoms. The fourth-order valence-electron chi connectivity index (χ4n) is 2.06. The standard InChI is InChI=1S/C13H18FN3O/c1-16(2)7-3-4-8-17-12-6-5-10(14)9-11(12)15-13(17)18/h5-6,9H,3-4,7-8H2,1-2H3,(H,15,18). The summed E-state index contributed by atoms with van der Waals surface area (Å²) >= 11 is 0. The van der Waals surface area contributed by atoms with Gasteiger partial charge in [0, 0.05) is 6.54 Å². The molecule has 0 amide bonds. The van der Waals surface area contributed by atoms with E-state index in [2.05, 4.69) is 9.88 Å². The lowest BCUT2D eigenvalue weighted by molar-refractivity contribution is 0.388. The van der Waals surface area contributed by atoms with Gasteiger partial charge in [-0.05, 0) is 51.7 Å². The fourth-order valence-corrected chi connectivity index (χ4v) is 2.06. The number of rotatable bonds is 5. The van der Waals surface area contributed by atoms with Crippen LogP contribution < -0.4 is 5.69 Å². The Bertz CT molecular complexity index is 585. The highest BCUT2D eigenvalue weighted by Crippen LogP contribution is 2.12. The van der Waals surface area contributed by atoms with Gasteiger partial charge in [-0.2, -0.15) is 0 Å². The molecule has 0 fully saturated rings. The molecule has 5 heteroatoms. The van der Waals surface area contributed by atoms with Crippen LogP contribution in [-0.2, 0) is 6.54 Å². The van der Waals surface area contributed by atoms with Crippen LogP contribution in [0.2, 0.25) is 0 Å². The van der Waals surface area contributed by atoms with Crippen LogP contribution in [-0.4, -0.2) is 35.1 Å². The molecule has 0 atom stereocenters. The van der Waals surface area contributed by atoms with Gasteiger partial charge in [-0.3, -0.25) is 4.57 Å². The Morgan fingerprint density at radius 3 is 2.83 bits per heavy atom. The molecular weight excluding hydrogens is 233 g/mol. The van der Waals surface area contributed by atoms with Crippen molar-refractivity contribution in [2.24, 2.45) is 0 Å². The van der Waals surface area contributed by atoms with E-state index in [1.165, 1.54) is 12.1 Å². The summed E-state index contributed by atoms with van der Waals surface area (Å²) in [5.41, 5.74) is 1.17. The number of halogens is 1. The molecule has 1 aromatic carbocycles. The quantitative estimate of drug-likeness (QED) is 0.823. The number of unbranched alkanes of at least 4 members (excludes halogenated alkanes) is 1. The minimum atomic E-state index is -0.330. The number of aromatic nitrogens is 2. The molecule has 0 saturated carbocycles. The van der Waals surface area contributed by atoms with Gasteiger partial charge in [0.1, 0.15) is 5.82 Å². The van der Waals surface area contributed by atoms with Crippen LogP contribution in [0.25, 0.3) is 11.0 Å². The van der Waals surface area contributed by atoms with Gasteiger partial charge < -0.3 is 9.88 Å². The molecule has 0 unspecified atom stereocenters. The molecule has 0 aliphatic rings. The van der Waals surface area contributed by atoms with E-state index >= 15 is 0 Å². The van der Waals surface area contributed by atoms with Crippen LogP contribution in [0.4, 0.5) is 4.39 Å². The van der Waals surface area contributed by atoms with Crippen molar-refractivity contribution in [3.8, 4) is 0 Å². The number of hydrogen-bond acceptors (Lipinski definition) is 2. The maximum atomic E-state index is 13.0. The fraction of sp³-hybridized carbons (Fsp3) is 0.462. The van der Waals surface area contributed by atoms with E-state index in [-0.39, 0.29) is 11.5 Å². The second kappa shape index (κ2) is 5.35. The normalized spacial score (nSPS) is 11.6. The molecule has 98 valence electrons. The minimum Gasteiger partial charge on any atom is -0.309 e. The number of aromatic amines is 1. The van der Waals surface area contributed by atoms with Gasteiger partial charge in [-0.15, -0.1) is 0 Å². The van der Waals surface area contributed by atoms with E-state index in [0.717, 1.165) is 24.9 Å². The lowest BCUT2D eigenvalue weighted by Gasteiger charge is -2.09. The molecule has 1 aromatic heterocycles. The summed E-state index contributed by atoms with van der Waals surface area (Å²) in [4.78, 5) is 16.5. The minimum absolute atomic E-state index is 0.166. The van der Waals surface area contributed by atoms with Gasteiger partial charge in [0.15, 0.2) is 0 Å². The summed E-state index contributed by atoms with van der Waals surface area (Å²) in [6.07, 6.45) is 1.97. The summed E-state index contributed by atoms with van der Waals surface area (Å²) in [6.45, 7) is 1.67. The molecule has 1 heterocycles. The highest BCUT2D eigenvalue weighted by molar-refractivity contribution is 5.75. The number of imidazole rings is 1. The van der Waals surface area contributed by atoms with Crippen molar-refractivity contribution >= 4 is 11.0 Å². The maximum Gasteiger partial charge on any atom is 0.326 e. The van der Waals surface area contributed by atoms with Gasteiger partial charge in [-0.25, -0.2) is 9.18 Å². The zero-order chi connectivity index (χ0) is 13.1. The molecule has 2 aromatic rings. The monoisotopic (exact) mass is 251 g/mol. The average molecular weight is 251 g/mol. The summed E-state index contributed by atoms with van der Waals surface area (Å²) in [5.74, 6) is -0.330. The second-order valence-corrected chi connectivity index (χ2v) is 4.75. The molecule has 0 spiro atoms. The molecule has 2 rings (SSSR count). The first-order valence-electron chi connectivity index (χ1n) is 6.11. The predicted molar refractivity (Wildman–Crippen MR) is 70.3 cm³/mol. The van der Waals surface area contributed by atoms with E-state index in [1.807, 2.05) is 14.1 Å². The highest BCUT2D eigenvalue weighted by atomic mass is 19.1. The van der Waals surface area contributed by atoms with E-state index in [1.54, 1.807) is 10.6 Å². The predicted octanol–water partition coefficient (Wildman–Crippen LogP) is 1.81. The van der Waals surface area contributed by atoms with Gasteiger partial charge in [0.05, 0.1) is 11.0 Å². The summed E-state index contributed by atoms with van der Waals surface area (Å²) in [7, 11) is 4.06. The third kappa shape index (κ3) is 2.79. The number of nitrogens with zero attached hydrogens (tertiary/aromatic N) is 2. The summed E-state index contributed by atoms with van der Waals surface area (Å²) < 4.78 is 14.7. The molecule has 4 nitrogen and oxygen atoms in total. The smallest absolute Gasteiger partial charge is 0.309 e. The Hall–Kier alpha value is -1.62. The van der Waals surface area contributed by atoms with Crippen molar-refractivity contribution in [3.63, 3.8) is 0 Å².